The van der Waals surface area contributed by atoms with E-state index in [0.717, 1.165) is 43.2 Å². The molecule has 0 atom stereocenters. The molecule has 3 rings (SSSR count). The summed E-state index contributed by atoms with van der Waals surface area (Å²) in [6.07, 6.45) is 2.24. The van der Waals surface area contributed by atoms with Crippen LogP contribution in [-0.2, 0) is 6.54 Å². The first-order valence-electron chi connectivity index (χ1n) is 8.67. The van der Waals surface area contributed by atoms with Crippen molar-refractivity contribution >= 4 is 22.3 Å². The van der Waals surface area contributed by atoms with Gasteiger partial charge in [0.2, 0.25) is 0 Å². The van der Waals surface area contributed by atoms with Crippen molar-refractivity contribution < 1.29 is 4.74 Å². The summed E-state index contributed by atoms with van der Waals surface area (Å²) in [5.41, 5.74) is 1.13. The van der Waals surface area contributed by atoms with Gasteiger partial charge in [-0.1, -0.05) is 18.2 Å². The zero-order chi connectivity index (χ0) is 17.5. The molecule has 0 amide bonds. The molecule has 1 aliphatic rings. The summed E-state index contributed by atoms with van der Waals surface area (Å²) in [6.45, 7) is 2.86. The predicted molar refractivity (Wildman–Crippen MR) is 106 cm³/mol. The molecule has 134 valence electrons. The molecule has 5 nitrogen and oxygen atoms in total. The first-order valence-corrected chi connectivity index (χ1v) is 9.55. The van der Waals surface area contributed by atoms with Crippen molar-refractivity contribution in [3.8, 4) is 5.75 Å². The minimum absolute atomic E-state index is 0.458. The fourth-order valence-corrected chi connectivity index (χ4v) is 3.90. The van der Waals surface area contributed by atoms with Crippen LogP contribution in [0.3, 0.4) is 0 Å². The van der Waals surface area contributed by atoms with E-state index in [2.05, 4.69) is 44.1 Å². The maximum Gasteiger partial charge on any atom is 0.191 e. The van der Waals surface area contributed by atoms with Gasteiger partial charge in [-0.2, -0.15) is 0 Å². The Hall–Kier alpha value is -2.21. The van der Waals surface area contributed by atoms with E-state index in [0.29, 0.717) is 12.6 Å². The molecule has 2 aromatic rings. The monoisotopic (exact) mass is 358 g/mol. The van der Waals surface area contributed by atoms with E-state index in [4.69, 9.17) is 4.74 Å². The van der Waals surface area contributed by atoms with Crippen LogP contribution in [0.25, 0.3) is 0 Å². The lowest BCUT2D eigenvalue weighted by Crippen LogP contribution is -2.48. The Labute approximate surface area is 153 Å². The topological polar surface area (TPSA) is 48.9 Å². The number of ether oxygens (including phenoxy) is 1. The van der Waals surface area contributed by atoms with Gasteiger partial charge in [-0.15, -0.1) is 11.3 Å². The van der Waals surface area contributed by atoms with Gasteiger partial charge >= 0.3 is 0 Å². The van der Waals surface area contributed by atoms with Crippen molar-refractivity contribution in [3.05, 3.63) is 47.3 Å². The molecule has 25 heavy (non-hydrogen) atoms. The number of rotatable bonds is 5. The molecule has 1 aromatic carbocycles. The highest BCUT2D eigenvalue weighted by molar-refractivity contribution is 7.14. The van der Waals surface area contributed by atoms with Crippen LogP contribution in [0.5, 0.6) is 5.75 Å². The number of guanidine groups is 1. The molecule has 0 radical (unpaired) electrons. The fourth-order valence-electron chi connectivity index (χ4n) is 3.11. The first-order chi connectivity index (χ1) is 12.3. The van der Waals surface area contributed by atoms with Gasteiger partial charge in [-0.25, -0.2) is 0 Å². The number of hydrogen-bond donors (Lipinski definition) is 2. The van der Waals surface area contributed by atoms with E-state index in [-0.39, 0.29) is 0 Å². The van der Waals surface area contributed by atoms with Crippen LogP contribution in [0.4, 0.5) is 5.00 Å². The van der Waals surface area contributed by atoms with E-state index in [1.165, 1.54) is 5.00 Å². The van der Waals surface area contributed by atoms with Crippen LogP contribution in [0.1, 0.15) is 18.4 Å². The smallest absolute Gasteiger partial charge is 0.191 e. The number of piperidine rings is 1. The number of nitrogens with zero attached hydrogens (tertiary/aromatic N) is 2. The molecular formula is C19H26N4OS. The van der Waals surface area contributed by atoms with Crippen LogP contribution in [0.2, 0.25) is 0 Å². The number of hydrogen-bond acceptors (Lipinski definition) is 4. The van der Waals surface area contributed by atoms with Gasteiger partial charge in [0.05, 0.1) is 12.1 Å². The highest BCUT2D eigenvalue weighted by Gasteiger charge is 2.20. The number of anilines is 1. The quantitative estimate of drug-likeness (QED) is 0.637. The zero-order valence-electron chi connectivity index (χ0n) is 14.9. The highest BCUT2D eigenvalue weighted by atomic mass is 32.1. The van der Waals surface area contributed by atoms with Crippen LogP contribution in [-0.4, -0.2) is 39.2 Å². The van der Waals surface area contributed by atoms with Gasteiger partial charge in [0.1, 0.15) is 5.75 Å². The number of benzene rings is 1. The first kappa shape index (κ1) is 17.6. The Morgan fingerprint density at radius 2 is 2.04 bits per heavy atom. The maximum absolute atomic E-state index is 5.40. The number of aliphatic imine (C=N–C) groups is 1. The summed E-state index contributed by atoms with van der Waals surface area (Å²) in [5, 5.41) is 10.5. The lowest BCUT2D eigenvalue weighted by Gasteiger charge is -2.33. The molecule has 0 saturated carbocycles. The van der Waals surface area contributed by atoms with E-state index < -0.39 is 0 Å². The average molecular weight is 359 g/mol. The number of methoxy groups -OCH3 is 1. The standard InChI is InChI=1S/C19H26N4OS/c1-20-19(21-14-15-6-3-4-7-17(15)24-2)22-16-9-11-23(12-10-16)18-8-5-13-25-18/h3-8,13,16H,9-12,14H2,1-2H3,(H2,20,21,22). The van der Waals surface area contributed by atoms with Crippen molar-refractivity contribution in [3.63, 3.8) is 0 Å². The van der Waals surface area contributed by atoms with Crippen molar-refractivity contribution in [2.75, 3.05) is 32.1 Å². The summed E-state index contributed by atoms with van der Waals surface area (Å²) in [7, 11) is 3.52. The largest absolute Gasteiger partial charge is 0.496 e. The predicted octanol–water partition coefficient (Wildman–Crippen LogP) is 3.09. The van der Waals surface area contributed by atoms with Gasteiger partial charge in [-0.05, 0) is 36.4 Å². The molecule has 0 spiro atoms. The Bertz CT molecular complexity index is 678. The summed E-state index contributed by atoms with van der Waals surface area (Å²) in [4.78, 5) is 6.83. The second-order valence-electron chi connectivity index (χ2n) is 6.09. The van der Waals surface area contributed by atoms with Crippen LogP contribution < -0.4 is 20.3 Å². The molecular weight excluding hydrogens is 332 g/mol. The number of thiophene rings is 1. The third kappa shape index (κ3) is 4.66. The molecule has 0 bridgehead atoms. The van der Waals surface area contributed by atoms with E-state index in [1.54, 1.807) is 7.11 Å². The summed E-state index contributed by atoms with van der Waals surface area (Å²) in [6, 6.07) is 12.8. The van der Waals surface area contributed by atoms with Crippen molar-refractivity contribution in [1.82, 2.24) is 10.6 Å². The highest BCUT2D eigenvalue weighted by Crippen LogP contribution is 2.24. The normalized spacial score (nSPS) is 15.9. The van der Waals surface area contributed by atoms with E-state index in [9.17, 15) is 0 Å². The third-order valence-corrected chi connectivity index (χ3v) is 5.45. The summed E-state index contributed by atoms with van der Waals surface area (Å²) < 4.78 is 5.40. The maximum atomic E-state index is 5.40. The van der Waals surface area contributed by atoms with Crippen molar-refractivity contribution in [1.29, 1.82) is 0 Å². The summed E-state index contributed by atoms with van der Waals surface area (Å²) >= 11 is 1.82. The van der Waals surface area contributed by atoms with Crippen LogP contribution >= 0.6 is 11.3 Å². The van der Waals surface area contributed by atoms with Crippen molar-refractivity contribution in [2.45, 2.75) is 25.4 Å². The molecule has 1 fully saturated rings. The molecule has 1 aliphatic heterocycles. The molecule has 2 heterocycles. The third-order valence-electron chi connectivity index (χ3n) is 4.52. The van der Waals surface area contributed by atoms with Crippen molar-refractivity contribution in [2.24, 2.45) is 4.99 Å². The van der Waals surface area contributed by atoms with Gasteiger partial charge < -0.3 is 20.3 Å². The molecule has 0 unspecified atom stereocenters. The van der Waals surface area contributed by atoms with Gasteiger partial charge in [0.25, 0.3) is 0 Å². The Morgan fingerprint density at radius 1 is 1.24 bits per heavy atom. The van der Waals surface area contributed by atoms with Gasteiger partial charge in [0.15, 0.2) is 5.96 Å². The fraction of sp³-hybridized carbons (Fsp3) is 0.421. The second kappa shape index (κ2) is 8.76. The zero-order valence-corrected chi connectivity index (χ0v) is 15.7. The average Bonchev–Trinajstić information content (AvgIpc) is 3.20. The number of para-hydroxylation sites is 1. The lowest BCUT2D eigenvalue weighted by atomic mass is 10.1. The Morgan fingerprint density at radius 3 is 2.72 bits per heavy atom. The Kier molecular flexibility index (Phi) is 6.17. The molecule has 2 N–H and O–H groups in total. The lowest BCUT2D eigenvalue weighted by molar-refractivity contribution is 0.409. The number of nitrogens with one attached hydrogen (secondary N) is 2. The van der Waals surface area contributed by atoms with Gasteiger partial charge in [-0.3, -0.25) is 4.99 Å². The molecule has 1 aromatic heterocycles. The van der Waals surface area contributed by atoms with Crippen LogP contribution in [0, 0.1) is 0 Å². The summed E-state index contributed by atoms with van der Waals surface area (Å²) in [5.74, 6) is 1.75. The SMILES string of the molecule is CN=C(NCc1ccccc1OC)NC1CCN(c2cccs2)CC1. The van der Waals surface area contributed by atoms with E-state index >= 15 is 0 Å². The molecule has 0 aliphatic carbocycles. The molecule has 6 heteroatoms. The Balaban J connectivity index is 1.48. The minimum Gasteiger partial charge on any atom is -0.496 e. The minimum atomic E-state index is 0.458. The van der Waals surface area contributed by atoms with Gasteiger partial charge in [0, 0.05) is 38.3 Å². The van der Waals surface area contributed by atoms with Crippen LogP contribution in [0.15, 0.2) is 46.8 Å². The second-order valence-corrected chi connectivity index (χ2v) is 7.02. The van der Waals surface area contributed by atoms with E-state index in [1.807, 2.05) is 36.6 Å². The molecule has 1 saturated heterocycles.